The molecule has 1 aromatic heterocycles. The van der Waals surface area contributed by atoms with Gasteiger partial charge in [0.1, 0.15) is 12.4 Å². The molecule has 0 fully saturated rings. The number of rotatable bonds is 6. The van der Waals surface area contributed by atoms with Gasteiger partial charge in [-0.2, -0.15) is 0 Å². The van der Waals surface area contributed by atoms with Crippen molar-refractivity contribution < 1.29 is 4.74 Å². The van der Waals surface area contributed by atoms with Crippen molar-refractivity contribution in [3.8, 4) is 5.75 Å². The van der Waals surface area contributed by atoms with E-state index in [9.17, 15) is 0 Å². The summed E-state index contributed by atoms with van der Waals surface area (Å²) in [6.07, 6.45) is 3.39. The summed E-state index contributed by atoms with van der Waals surface area (Å²) in [5.41, 5.74) is 1.93. The first-order valence-electron chi connectivity index (χ1n) is 6.06. The Kier molecular flexibility index (Phi) is 5.44. The fourth-order valence-electron chi connectivity index (χ4n) is 1.60. The minimum atomic E-state index is 0.458. The molecule has 0 atom stereocenters. The van der Waals surface area contributed by atoms with Crippen molar-refractivity contribution in [2.24, 2.45) is 0 Å². The average Bonchev–Trinajstić information content (AvgIpc) is 2.47. The number of nitrogens with zero attached hydrogens (tertiary/aromatic N) is 1. The monoisotopic (exact) mass is 352 g/mol. The number of ether oxygens (including phenoxy) is 1. The lowest BCUT2D eigenvalue weighted by Gasteiger charge is -2.09. The largest absolute Gasteiger partial charge is 0.490 e. The van der Waals surface area contributed by atoms with Crippen molar-refractivity contribution in [1.29, 1.82) is 0 Å². The van der Waals surface area contributed by atoms with Crippen LogP contribution < -0.4 is 10.1 Å². The average molecular weight is 354 g/mol. The van der Waals surface area contributed by atoms with E-state index >= 15 is 0 Å². The van der Waals surface area contributed by atoms with E-state index in [4.69, 9.17) is 16.3 Å². The molecule has 3 nitrogen and oxygen atoms in total. The van der Waals surface area contributed by atoms with E-state index in [2.05, 4.69) is 32.8 Å². The zero-order valence-corrected chi connectivity index (χ0v) is 13.1. The van der Waals surface area contributed by atoms with Gasteiger partial charge in [0.25, 0.3) is 0 Å². The standard InChI is InChI=1S/C15H14BrClN2O/c1-2-7-20-13-5-3-11(4-6-13)9-18-14-8-12(16)10-19-15(14)17/h2-6,8,10,18H,1,7,9H2. The fraction of sp³-hybridized carbons (Fsp3) is 0.133. The first-order chi connectivity index (χ1) is 9.69. The quantitative estimate of drug-likeness (QED) is 0.605. The summed E-state index contributed by atoms with van der Waals surface area (Å²) in [7, 11) is 0. The second-order valence-corrected chi connectivity index (χ2v) is 5.36. The summed E-state index contributed by atoms with van der Waals surface area (Å²) in [5.74, 6) is 0.829. The van der Waals surface area contributed by atoms with Crippen molar-refractivity contribution >= 4 is 33.2 Å². The minimum Gasteiger partial charge on any atom is -0.490 e. The van der Waals surface area contributed by atoms with Crippen LogP contribution in [0, 0.1) is 0 Å². The van der Waals surface area contributed by atoms with Crippen LogP contribution in [0.25, 0.3) is 0 Å². The van der Waals surface area contributed by atoms with Crippen LogP contribution in [0.3, 0.4) is 0 Å². The van der Waals surface area contributed by atoms with Crippen molar-refractivity contribution in [1.82, 2.24) is 4.98 Å². The highest BCUT2D eigenvalue weighted by molar-refractivity contribution is 9.10. The topological polar surface area (TPSA) is 34.1 Å². The van der Waals surface area contributed by atoms with E-state index in [-0.39, 0.29) is 0 Å². The van der Waals surface area contributed by atoms with Crippen molar-refractivity contribution in [2.45, 2.75) is 6.54 Å². The molecule has 20 heavy (non-hydrogen) atoms. The van der Waals surface area contributed by atoms with Gasteiger partial charge < -0.3 is 10.1 Å². The van der Waals surface area contributed by atoms with Gasteiger partial charge in [0.2, 0.25) is 0 Å². The van der Waals surface area contributed by atoms with E-state index in [1.807, 2.05) is 30.3 Å². The second-order valence-electron chi connectivity index (χ2n) is 4.09. The van der Waals surface area contributed by atoms with Crippen LogP contribution >= 0.6 is 27.5 Å². The molecule has 0 aliphatic heterocycles. The molecule has 1 N–H and O–H groups in total. The van der Waals surface area contributed by atoms with Crippen molar-refractivity contribution in [3.05, 3.63) is 64.4 Å². The number of hydrogen-bond donors (Lipinski definition) is 1. The third-order valence-electron chi connectivity index (χ3n) is 2.58. The maximum Gasteiger partial charge on any atom is 0.152 e. The molecule has 0 aliphatic carbocycles. The number of benzene rings is 1. The molecule has 2 rings (SSSR count). The molecule has 1 heterocycles. The van der Waals surface area contributed by atoms with Gasteiger partial charge in [0, 0.05) is 17.2 Å². The number of halogens is 2. The van der Waals surface area contributed by atoms with E-state index in [1.54, 1.807) is 12.3 Å². The Morgan fingerprint density at radius 2 is 2.10 bits per heavy atom. The molecular formula is C15H14BrClN2O. The summed E-state index contributed by atoms with van der Waals surface area (Å²) in [4.78, 5) is 4.07. The lowest BCUT2D eigenvalue weighted by molar-refractivity contribution is 0.363. The molecule has 0 saturated heterocycles. The number of hydrogen-bond acceptors (Lipinski definition) is 3. The molecule has 1 aromatic carbocycles. The molecular weight excluding hydrogens is 340 g/mol. The molecule has 0 bridgehead atoms. The lowest BCUT2D eigenvalue weighted by Crippen LogP contribution is -2.01. The van der Waals surface area contributed by atoms with Crippen molar-refractivity contribution in [3.63, 3.8) is 0 Å². The van der Waals surface area contributed by atoms with E-state index in [0.29, 0.717) is 18.3 Å². The summed E-state index contributed by atoms with van der Waals surface area (Å²) < 4.78 is 6.32. The maximum atomic E-state index is 6.02. The first kappa shape index (κ1) is 14.9. The normalized spacial score (nSPS) is 10.1. The van der Waals surface area contributed by atoms with Gasteiger partial charge in [-0.1, -0.05) is 36.4 Å². The number of nitrogens with one attached hydrogen (secondary N) is 1. The van der Waals surface area contributed by atoms with Gasteiger partial charge in [-0.05, 0) is 39.7 Å². The summed E-state index contributed by atoms with van der Waals surface area (Å²) in [5, 5.41) is 3.71. The smallest absolute Gasteiger partial charge is 0.152 e. The third-order valence-corrected chi connectivity index (χ3v) is 3.31. The molecule has 5 heteroatoms. The predicted octanol–water partition coefficient (Wildman–Crippen LogP) is 4.67. The summed E-state index contributed by atoms with van der Waals surface area (Å²) >= 11 is 9.39. The first-order valence-corrected chi connectivity index (χ1v) is 7.23. The third kappa shape index (κ3) is 4.25. The Bertz CT molecular complexity index is 587. The molecule has 104 valence electrons. The van der Waals surface area contributed by atoms with Crippen LogP contribution in [0.5, 0.6) is 5.75 Å². The van der Waals surface area contributed by atoms with Crippen LogP contribution in [0.15, 0.2) is 53.7 Å². The highest BCUT2D eigenvalue weighted by Gasteiger charge is 2.02. The van der Waals surface area contributed by atoms with Gasteiger partial charge >= 0.3 is 0 Å². The highest BCUT2D eigenvalue weighted by Crippen LogP contribution is 2.23. The zero-order valence-electron chi connectivity index (χ0n) is 10.8. The Balaban J connectivity index is 1.96. The SMILES string of the molecule is C=CCOc1ccc(CNc2cc(Br)cnc2Cl)cc1. The molecule has 0 aliphatic rings. The number of aromatic nitrogens is 1. The molecule has 0 saturated carbocycles. The molecule has 0 spiro atoms. The Labute approximate surface area is 131 Å². The second kappa shape index (κ2) is 7.31. The van der Waals surface area contributed by atoms with Gasteiger partial charge in [0.15, 0.2) is 5.15 Å². The maximum absolute atomic E-state index is 6.02. The number of pyridine rings is 1. The fourth-order valence-corrected chi connectivity index (χ4v) is 2.10. The number of anilines is 1. The summed E-state index contributed by atoms with van der Waals surface area (Å²) in [6.45, 7) is 4.79. The van der Waals surface area contributed by atoms with Crippen LogP contribution in [0.2, 0.25) is 5.15 Å². The zero-order chi connectivity index (χ0) is 14.4. The Morgan fingerprint density at radius 1 is 1.35 bits per heavy atom. The highest BCUT2D eigenvalue weighted by atomic mass is 79.9. The molecule has 0 radical (unpaired) electrons. The van der Waals surface area contributed by atoms with E-state index in [1.165, 1.54) is 0 Å². The van der Waals surface area contributed by atoms with Gasteiger partial charge in [-0.3, -0.25) is 0 Å². The molecule has 0 unspecified atom stereocenters. The Morgan fingerprint density at radius 3 is 2.80 bits per heavy atom. The van der Waals surface area contributed by atoms with Gasteiger partial charge in [-0.25, -0.2) is 4.98 Å². The predicted molar refractivity (Wildman–Crippen MR) is 86.4 cm³/mol. The Hall–Kier alpha value is -1.52. The van der Waals surface area contributed by atoms with Crippen molar-refractivity contribution in [2.75, 3.05) is 11.9 Å². The molecule has 2 aromatic rings. The minimum absolute atomic E-state index is 0.458. The lowest BCUT2D eigenvalue weighted by atomic mass is 10.2. The van der Waals surface area contributed by atoms with Crippen LogP contribution in [-0.4, -0.2) is 11.6 Å². The van der Waals surface area contributed by atoms with E-state index in [0.717, 1.165) is 21.5 Å². The summed E-state index contributed by atoms with van der Waals surface area (Å²) in [6, 6.07) is 9.77. The van der Waals surface area contributed by atoms with Crippen LogP contribution in [0.1, 0.15) is 5.56 Å². The van der Waals surface area contributed by atoms with Crippen LogP contribution in [-0.2, 0) is 6.54 Å². The molecule has 0 amide bonds. The van der Waals surface area contributed by atoms with Gasteiger partial charge in [-0.15, -0.1) is 0 Å². The van der Waals surface area contributed by atoms with Gasteiger partial charge in [0.05, 0.1) is 5.69 Å². The van der Waals surface area contributed by atoms with E-state index < -0.39 is 0 Å². The van der Waals surface area contributed by atoms with Crippen LogP contribution in [0.4, 0.5) is 5.69 Å².